The molecule has 2 aromatic rings. The molecule has 0 radical (unpaired) electrons. The lowest BCUT2D eigenvalue weighted by Gasteiger charge is -2.35. The molecule has 0 aromatic carbocycles. The first kappa shape index (κ1) is 15.6. The van der Waals surface area contributed by atoms with Crippen molar-refractivity contribution >= 4 is 23.1 Å². The fourth-order valence-electron chi connectivity index (χ4n) is 3.88. The molecule has 2 aliphatic heterocycles. The quantitative estimate of drug-likeness (QED) is 0.860. The van der Waals surface area contributed by atoms with Gasteiger partial charge in [0.2, 0.25) is 5.91 Å². The normalized spacial score (nSPS) is 24.3. The average Bonchev–Trinajstić information content (AvgIpc) is 3.33. The van der Waals surface area contributed by atoms with Crippen LogP contribution in [0.2, 0.25) is 0 Å². The molecule has 2 saturated heterocycles. The molecule has 4 rings (SSSR count). The summed E-state index contributed by atoms with van der Waals surface area (Å²) in [7, 11) is 0. The minimum absolute atomic E-state index is 0.0707. The molecule has 0 unspecified atom stereocenters. The molecule has 2 aliphatic rings. The van der Waals surface area contributed by atoms with E-state index in [0.717, 1.165) is 51.1 Å². The molecule has 0 spiro atoms. The summed E-state index contributed by atoms with van der Waals surface area (Å²) < 4.78 is 0. The third-order valence-corrected chi connectivity index (χ3v) is 6.03. The van der Waals surface area contributed by atoms with Crippen LogP contribution in [0.25, 0.3) is 0 Å². The molecular formula is C18H22N4OS. The molecule has 0 aliphatic carbocycles. The van der Waals surface area contributed by atoms with Gasteiger partial charge >= 0.3 is 0 Å². The summed E-state index contributed by atoms with van der Waals surface area (Å²) in [6.45, 7) is 2.60. The van der Waals surface area contributed by atoms with Crippen molar-refractivity contribution in [1.82, 2.24) is 14.9 Å². The van der Waals surface area contributed by atoms with E-state index in [9.17, 15) is 4.79 Å². The van der Waals surface area contributed by atoms with Crippen LogP contribution in [0.4, 0.5) is 5.82 Å². The standard InChI is InChI=1S/C18H22N4OS/c23-18(22-10-2-5-15(22)16-6-3-11-24-16)14-4-1-9-21(13-14)17-12-19-7-8-20-17/h3,6-8,11-12,14-15H,1-2,4-5,9-10,13H2/t14-,15-/m0/s1. The zero-order chi connectivity index (χ0) is 16.4. The van der Waals surface area contributed by atoms with E-state index >= 15 is 0 Å². The minimum atomic E-state index is 0.0707. The topological polar surface area (TPSA) is 49.3 Å². The van der Waals surface area contributed by atoms with Crippen LogP contribution in [0.15, 0.2) is 36.1 Å². The summed E-state index contributed by atoms with van der Waals surface area (Å²) in [5.74, 6) is 1.27. The van der Waals surface area contributed by atoms with Crippen LogP contribution < -0.4 is 4.90 Å². The second-order valence-electron chi connectivity index (χ2n) is 6.55. The first-order valence-corrected chi connectivity index (χ1v) is 9.56. The van der Waals surface area contributed by atoms with Gasteiger partial charge in [-0.05, 0) is 37.1 Å². The van der Waals surface area contributed by atoms with Crippen molar-refractivity contribution in [3.05, 3.63) is 41.0 Å². The Bertz CT molecular complexity index is 676. The molecule has 1 amide bonds. The number of carbonyl (C=O) groups is 1. The summed E-state index contributed by atoms with van der Waals surface area (Å²) in [5, 5.41) is 2.10. The summed E-state index contributed by atoms with van der Waals surface area (Å²) in [6.07, 6.45) is 9.40. The summed E-state index contributed by atoms with van der Waals surface area (Å²) in [4.78, 5) is 27.3. The van der Waals surface area contributed by atoms with Crippen LogP contribution in [0, 0.1) is 5.92 Å². The van der Waals surface area contributed by atoms with Crippen molar-refractivity contribution in [2.45, 2.75) is 31.7 Å². The Morgan fingerprint density at radius 3 is 2.92 bits per heavy atom. The van der Waals surface area contributed by atoms with Gasteiger partial charge in [-0.1, -0.05) is 6.07 Å². The van der Waals surface area contributed by atoms with Gasteiger partial charge in [0.15, 0.2) is 0 Å². The lowest BCUT2D eigenvalue weighted by Crippen LogP contribution is -2.44. The number of rotatable bonds is 3. The van der Waals surface area contributed by atoms with Crippen molar-refractivity contribution < 1.29 is 4.79 Å². The minimum Gasteiger partial charge on any atom is -0.355 e. The maximum absolute atomic E-state index is 13.2. The number of carbonyl (C=O) groups excluding carboxylic acids is 1. The van der Waals surface area contributed by atoms with E-state index in [1.165, 1.54) is 4.88 Å². The Morgan fingerprint density at radius 2 is 2.12 bits per heavy atom. The van der Waals surface area contributed by atoms with Crippen molar-refractivity contribution in [1.29, 1.82) is 0 Å². The summed E-state index contributed by atoms with van der Waals surface area (Å²) >= 11 is 1.76. The predicted octanol–water partition coefficient (Wildman–Crippen LogP) is 3.12. The molecule has 0 bridgehead atoms. The van der Waals surface area contributed by atoms with Gasteiger partial charge in [-0.2, -0.15) is 0 Å². The van der Waals surface area contributed by atoms with E-state index in [-0.39, 0.29) is 12.0 Å². The van der Waals surface area contributed by atoms with Crippen LogP contribution >= 0.6 is 11.3 Å². The predicted molar refractivity (Wildman–Crippen MR) is 95.0 cm³/mol. The fraction of sp³-hybridized carbons (Fsp3) is 0.500. The second-order valence-corrected chi connectivity index (χ2v) is 7.53. The van der Waals surface area contributed by atoms with Crippen molar-refractivity contribution in [3.63, 3.8) is 0 Å². The van der Waals surface area contributed by atoms with Gasteiger partial charge in [-0.25, -0.2) is 4.98 Å². The van der Waals surface area contributed by atoms with E-state index < -0.39 is 0 Å². The molecule has 6 heteroatoms. The largest absolute Gasteiger partial charge is 0.355 e. The van der Waals surface area contributed by atoms with Crippen LogP contribution in [-0.2, 0) is 4.79 Å². The Morgan fingerprint density at radius 1 is 1.21 bits per heavy atom. The number of likely N-dealkylation sites (tertiary alicyclic amines) is 1. The van der Waals surface area contributed by atoms with Gasteiger partial charge in [0.05, 0.1) is 18.2 Å². The number of anilines is 1. The molecule has 0 N–H and O–H groups in total. The second kappa shape index (κ2) is 6.89. The van der Waals surface area contributed by atoms with E-state index in [1.54, 1.807) is 29.9 Å². The van der Waals surface area contributed by atoms with Crippen LogP contribution in [0.1, 0.15) is 36.6 Å². The molecule has 0 saturated carbocycles. The summed E-state index contributed by atoms with van der Waals surface area (Å²) in [6, 6.07) is 4.52. The third kappa shape index (κ3) is 3.02. The number of hydrogen-bond acceptors (Lipinski definition) is 5. The number of hydrogen-bond donors (Lipinski definition) is 0. The smallest absolute Gasteiger partial charge is 0.228 e. The average molecular weight is 342 g/mol. The van der Waals surface area contributed by atoms with Crippen LogP contribution in [0.5, 0.6) is 0 Å². The Hall–Kier alpha value is -1.95. The van der Waals surface area contributed by atoms with Gasteiger partial charge in [-0.15, -0.1) is 11.3 Å². The van der Waals surface area contributed by atoms with Gasteiger partial charge in [0.1, 0.15) is 5.82 Å². The SMILES string of the molecule is O=C([C@H]1CCCN(c2cnccn2)C1)N1CCC[C@H]1c1cccs1. The van der Waals surface area contributed by atoms with Crippen molar-refractivity contribution in [2.75, 3.05) is 24.5 Å². The molecule has 2 atom stereocenters. The Labute approximate surface area is 146 Å². The highest BCUT2D eigenvalue weighted by atomic mass is 32.1. The highest BCUT2D eigenvalue weighted by Crippen LogP contribution is 2.36. The highest BCUT2D eigenvalue weighted by molar-refractivity contribution is 7.10. The van der Waals surface area contributed by atoms with Crippen molar-refractivity contribution in [2.24, 2.45) is 5.92 Å². The monoisotopic (exact) mass is 342 g/mol. The van der Waals surface area contributed by atoms with E-state index in [0.29, 0.717) is 5.91 Å². The van der Waals surface area contributed by atoms with Gasteiger partial charge in [-0.3, -0.25) is 9.78 Å². The Kier molecular flexibility index (Phi) is 4.47. The van der Waals surface area contributed by atoms with Gasteiger partial charge in [0.25, 0.3) is 0 Å². The number of thiophene rings is 1. The number of aromatic nitrogens is 2. The number of amides is 1. The third-order valence-electron chi connectivity index (χ3n) is 5.05. The van der Waals surface area contributed by atoms with Crippen molar-refractivity contribution in [3.8, 4) is 0 Å². The molecule has 126 valence electrons. The van der Waals surface area contributed by atoms with Gasteiger partial charge in [0, 0.05) is 36.9 Å². The molecule has 24 heavy (non-hydrogen) atoms. The molecular weight excluding hydrogens is 320 g/mol. The van der Waals surface area contributed by atoms with Crippen LogP contribution in [0.3, 0.4) is 0 Å². The van der Waals surface area contributed by atoms with E-state index in [2.05, 4.69) is 37.3 Å². The van der Waals surface area contributed by atoms with Crippen LogP contribution in [-0.4, -0.2) is 40.4 Å². The zero-order valence-electron chi connectivity index (χ0n) is 13.7. The number of nitrogens with zero attached hydrogens (tertiary/aromatic N) is 4. The fourth-order valence-corrected chi connectivity index (χ4v) is 4.76. The van der Waals surface area contributed by atoms with E-state index in [1.807, 2.05) is 0 Å². The molecule has 4 heterocycles. The summed E-state index contributed by atoms with van der Waals surface area (Å²) in [5.41, 5.74) is 0. The number of piperidine rings is 1. The van der Waals surface area contributed by atoms with Gasteiger partial charge < -0.3 is 9.80 Å². The first-order valence-electron chi connectivity index (χ1n) is 8.68. The lowest BCUT2D eigenvalue weighted by molar-refractivity contribution is -0.136. The highest BCUT2D eigenvalue weighted by Gasteiger charge is 2.36. The maximum atomic E-state index is 13.2. The van der Waals surface area contributed by atoms with E-state index in [4.69, 9.17) is 0 Å². The molecule has 5 nitrogen and oxygen atoms in total. The molecule has 2 aromatic heterocycles. The molecule has 2 fully saturated rings. The maximum Gasteiger partial charge on any atom is 0.228 e. The lowest BCUT2D eigenvalue weighted by atomic mass is 9.96. The zero-order valence-corrected chi connectivity index (χ0v) is 14.5. The Balaban J connectivity index is 1.47. The first-order chi connectivity index (χ1) is 11.8.